The number of anilines is 6. The number of aryl methyl sites for hydroxylation is 4. The van der Waals surface area contributed by atoms with Gasteiger partial charge in [-0.25, -0.2) is 0 Å². The van der Waals surface area contributed by atoms with E-state index in [0.717, 1.165) is 80.9 Å². The third-order valence-electron chi connectivity index (χ3n) is 18.9. The summed E-state index contributed by atoms with van der Waals surface area (Å²) in [5.74, 6) is 4.19. The van der Waals surface area contributed by atoms with E-state index < -0.39 is 0 Å². The van der Waals surface area contributed by atoms with Crippen molar-refractivity contribution in [2.75, 3.05) is 9.80 Å². The minimum atomic E-state index is -0.222. The minimum absolute atomic E-state index is 0.222. The molecule has 11 aromatic rings. The van der Waals surface area contributed by atoms with E-state index in [2.05, 4.69) is 284 Å². The zero-order valence-corrected chi connectivity index (χ0v) is 49.2. The normalized spacial score (nSPS) is 13.8. The third kappa shape index (κ3) is 8.43. The van der Waals surface area contributed by atoms with Crippen molar-refractivity contribution in [1.29, 1.82) is 0 Å². The molecule has 0 amide bonds. The van der Waals surface area contributed by atoms with E-state index in [4.69, 9.17) is 9.47 Å². The highest BCUT2D eigenvalue weighted by Crippen LogP contribution is 2.54. The SMILES string of the molecule is CCC(C)c1ccc2c(c1)B1c3cc(-c4ccc(C)cc4)ccc3N(c3ccc(-c4ccc(C)cc4)cc3)c3c4c5c(c(c31)O2)N(c1ccc(-c2ccc(C)cc2)cc1)c1ccc(-c2ccc(C)cc2)cc1B5c1cc(C(C)CC)ccc1O4. The Hall–Kier alpha value is -9.25. The maximum absolute atomic E-state index is 7.90. The second kappa shape index (κ2) is 20.3. The molecule has 0 radical (unpaired) electrons. The third-order valence-corrected chi connectivity index (χ3v) is 18.9. The van der Waals surface area contributed by atoms with Crippen LogP contribution in [0.15, 0.2) is 218 Å². The number of ether oxygens (including phenoxy) is 2. The summed E-state index contributed by atoms with van der Waals surface area (Å²) in [4.78, 5) is 5.03. The van der Waals surface area contributed by atoms with Gasteiger partial charge in [0.15, 0.2) is 0 Å². The van der Waals surface area contributed by atoms with Gasteiger partial charge in [0.05, 0.1) is 11.4 Å². The van der Waals surface area contributed by atoms with Crippen molar-refractivity contribution < 1.29 is 9.47 Å². The van der Waals surface area contributed by atoms with Gasteiger partial charge in [-0.05, 0) is 178 Å². The Morgan fingerprint density at radius 3 is 0.952 bits per heavy atom. The number of fused-ring (bicyclic) bond motifs is 10. The molecule has 4 aliphatic heterocycles. The predicted molar refractivity (Wildman–Crippen MR) is 356 cm³/mol. The zero-order valence-electron chi connectivity index (χ0n) is 49.2. The van der Waals surface area contributed by atoms with E-state index in [-0.39, 0.29) is 13.4 Å². The van der Waals surface area contributed by atoms with Crippen LogP contribution in [0.25, 0.3) is 44.5 Å². The van der Waals surface area contributed by atoms with Gasteiger partial charge in [0.1, 0.15) is 23.0 Å². The first-order valence-corrected chi connectivity index (χ1v) is 30.2. The molecule has 0 bridgehead atoms. The lowest BCUT2D eigenvalue weighted by molar-refractivity contribution is 0.477. The van der Waals surface area contributed by atoms with E-state index in [9.17, 15) is 0 Å². The minimum Gasteiger partial charge on any atom is -0.456 e. The van der Waals surface area contributed by atoms with Gasteiger partial charge in [-0.1, -0.05) is 220 Å². The monoisotopic (exact) mass is 1080 g/mol. The summed E-state index contributed by atoms with van der Waals surface area (Å²) in [5, 5.41) is 0. The highest BCUT2D eigenvalue weighted by molar-refractivity contribution is 7.02. The molecule has 4 nitrogen and oxygen atoms in total. The molecule has 2 atom stereocenters. The molecule has 0 fully saturated rings. The van der Waals surface area contributed by atoms with Crippen LogP contribution in [-0.2, 0) is 0 Å². The van der Waals surface area contributed by atoms with Gasteiger partial charge in [-0.15, -0.1) is 0 Å². The molecular weight excluding hydrogens is 1020 g/mol. The fraction of sp³-hybridized carbons (Fsp3) is 0.154. The van der Waals surface area contributed by atoms with Crippen LogP contribution in [-0.4, -0.2) is 13.4 Å². The van der Waals surface area contributed by atoms with Crippen molar-refractivity contribution in [2.45, 2.75) is 80.1 Å². The van der Waals surface area contributed by atoms with Gasteiger partial charge in [0, 0.05) is 33.7 Å². The molecule has 0 spiro atoms. The Labute approximate surface area is 496 Å². The van der Waals surface area contributed by atoms with E-state index in [1.165, 1.54) is 99.7 Å². The second-order valence-corrected chi connectivity index (χ2v) is 24.2. The summed E-state index contributed by atoms with van der Waals surface area (Å²) in [6, 6.07) is 82.4. The lowest BCUT2D eigenvalue weighted by Gasteiger charge is -2.47. The summed E-state index contributed by atoms with van der Waals surface area (Å²) < 4.78 is 15.8. The Kier molecular flexibility index (Phi) is 12.5. The molecule has 15 rings (SSSR count). The molecule has 6 heteroatoms. The molecule has 2 unspecified atom stereocenters. The maximum Gasteiger partial charge on any atom is 0.256 e. The van der Waals surface area contributed by atoms with Gasteiger partial charge >= 0.3 is 0 Å². The summed E-state index contributed by atoms with van der Waals surface area (Å²) >= 11 is 0. The first-order valence-electron chi connectivity index (χ1n) is 30.2. The average Bonchev–Trinajstić information content (AvgIpc) is 0.761. The van der Waals surface area contributed by atoms with Crippen LogP contribution in [0, 0.1) is 27.7 Å². The number of hydrogen-bond donors (Lipinski definition) is 0. The molecule has 11 aromatic carbocycles. The Morgan fingerprint density at radius 1 is 0.333 bits per heavy atom. The largest absolute Gasteiger partial charge is 0.456 e. The van der Waals surface area contributed by atoms with E-state index in [1.807, 2.05) is 0 Å². The molecule has 0 aliphatic carbocycles. The van der Waals surface area contributed by atoms with E-state index in [0.29, 0.717) is 11.8 Å². The number of nitrogens with zero attached hydrogens (tertiary/aromatic N) is 2. The molecule has 0 saturated carbocycles. The van der Waals surface area contributed by atoms with Gasteiger partial charge in [0.25, 0.3) is 13.4 Å². The smallest absolute Gasteiger partial charge is 0.256 e. The molecule has 4 aliphatic rings. The lowest BCUT2D eigenvalue weighted by atomic mass is 9.31. The molecular formula is C78H66B2N2O2. The fourth-order valence-electron chi connectivity index (χ4n) is 13.6. The fourth-order valence-corrected chi connectivity index (χ4v) is 13.6. The Bertz CT molecular complexity index is 4110. The van der Waals surface area contributed by atoms with Crippen LogP contribution in [0.1, 0.15) is 85.8 Å². The van der Waals surface area contributed by atoms with Crippen molar-refractivity contribution in [3.05, 3.63) is 252 Å². The molecule has 0 saturated heterocycles. The number of rotatable bonds is 10. The second-order valence-electron chi connectivity index (χ2n) is 24.2. The summed E-state index contributed by atoms with van der Waals surface area (Å²) in [6.07, 6.45) is 2.06. The highest BCUT2D eigenvalue weighted by atomic mass is 16.5. The van der Waals surface area contributed by atoms with Gasteiger partial charge < -0.3 is 19.3 Å². The van der Waals surface area contributed by atoms with E-state index >= 15 is 0 Å². The van der Waals surface area contributed by atoms with Crippen LogP contribution in [0.4, 0.5) is 34.1 Å². The first kappa shape index (κ1) is 51.6. The van der Waals surface area contributed by atoms with Crippen LogP contribution in [0.2, 0.25) is 0 Å². The Balaban J connectivity index is 1.07. The highest BCUT2D eigenvalue weighted by Gasteiger charge is 2.52. The van der Waals surface area contributed by atoms with Crippen molar-refractivity contribution in [1.82, 2.24) is 0 Å². The summed E-state index contributed by atoms with van der Waals surface area (Å²) in [6.45, 7) is 17.5. The van der Waals surface area contributed by atoms with Crippen molar-refractivity contribution in [3.8, 4) is 67.5 Å². The first-order chi connectivity index (χ1) is 41.0. The van der Waals surface area contributed by atoms with Crippen LogP contribution >= 0.6 is 0 Å². The molecule has 0 N–H and O–H groups in total. The van der Waals surface area contributed by atoms with Crippen LogP contribution in [0.3, 0.4) is 0 Å². The van der Waals surface area contributed by atoms with Crippen molar-refractivity contribution in [3.63, 3.8) is 0 Å². The Morgan fingerprint density at radius 2 is 0.631 bits per heavy atom. The quantitative estimate of drug-likeness (QED) is 0.127. The van der Waals surface area contributed by atoms with Gasteiger partial charge in [-0.3, -0.25) is 0 Å². The van der Waals surface area contributed by atoms with Crippen molar-refractivity contribution >= 4 is 80.3 Å². The molecule has 4 heterocycles. The average molecular weight is 1090 g/mol. The van der Waals surface area contributed by atoms with Crippen molar-refractivity contribution in [2.24, 2.45) is 0 Å². The lowest BCUT2D eigenvalue weighted by Crippen LogP contribution is -2.64. The van der Waals surface area contributed by atoms with Gasteiger partial charge in [0.2, 0.25) is 0 Å². The summed E-state index contributed by atoms with van der Waals surface area (Å²) in [5.41, 5.74) is 30.4. The molecule has 84 heavy (non-hydrogen) atoms. The van der Waals surface area contributed by atoms with Crippen LogP contribution < -0.4 is 52.1 Å². The number of hydrogen-bond acceptors (Lipinski definition) is 4. The summed E-state index contributed by atoms with van der Waals surface area (Å²) in [7, 11) is 0. The molecule has 406 valence electrons. The molecule has 0 aromatic heterocycles. The zero-order chi connectivity index (χ0) is 57.1. The van der Waals surface area contributed by atoms with E-state index in [1.54, 1.807) is 0 Å². The van der Waals surface area contributed by atoms with Crippen LogP contribution in [0.5, 0.6) is 23.0 Å². The topological polar surface area (TPSA) is 24.9 Å². The maximum atomic E-state index is 7.90. The van der Waals surface area contributed by atoms with Gasteiger partial charge in [-0.2, -0.15) is 0 Å². The standard InChI is InChI=1S/C78H66B2N2O2/c1-9-51(7)59-33-41-71-67(43-59)79-65-45-61(57-23-15-49(5)16-24-57)31-39-69(65)81(63-35-27-55(28-36-63)53-19-11-47(3)12-20-53)75-73(79)77(83-71)76-74-78(75)84-72-42-34-60(52(8)10-2)44-68(72)80(74)66-46-62(58-25-17-50(6)18-26-58)32-40-70(66)82(76)64-37-29-56(30-38-64)54-21-13-48(4)14-22-54/h11-46,51-52H,9-10H2,1-8H3. The predicted octanol–water partition coefficient (Wildman–Crippen LogP) is 17.4. The number of benzene rings is 11.